The molecule has 4 heteroatoms. The number of rotatable bonds is 5. The predicted molar refractivity (Wildman–Crippen MR) is 64.5 cm³/mol. The van der Waals surface area contributed by atoms with Crippen molar-refractivity contribution in [2.45, 2.75) is 13.3 Å². The molecule has 0 aliphatic rings. The van der Waals surface area contributed by atoms with Gasteiger partial charge >= 0.3 is 5.97 Å². The molecule has 16 heavy (non-hydrogen) atoms. The summed E-state index contributed by atoms with van der Waals surface area (Å²) in [6.45, 7) is 2.21. The number of nitrogens with one attached hydrogen (secondary N) is 1. The third-order valence-electron chi connectivity index (χ3n) is 1.95. The molecule has 0 saturated heterocycles. The quantitative estimate of drug-likeness (QED) is 0.452. The van der Waals surface area contributed by atoms with E-state index in [9.17, 15) is 4.79 Å². The van der Waals surface area contributed by atoms with Crippen LogP contribution in [-0.2, 0) is 9.53 Å². The van der Waals surface area contributed by atoms with Gasteiger partial charge in [0.25, 0.3) is 0 Å². The molecular weight excluding hydrogens is 204 g/mol. The van der Waals surface area contributed by atoms with Gasteiger partial charge in [-0.25, -0.2) is 0 Å². The van der Waals surface area contributed by atoms with Crippen molar-refractivity contribution in [1.82, 2.24) is 0 Å². The normalized spacial score (nSPS) is 10.4. The molecule has 1 rings (SSSR count). The minimum absolute atomic E-state index is 0.216. The molecule has 0 aromatic heterocycles. The first-order valence-electron chi connectivity index (χ1n) is 5.15. The second-order valence-electron chi connectivity index (χ2n) is 3.18. The number of esters is 1. The van der Waals surface area contributed by atoms with Crippen LogP contribution in [0, 0.1) is 0 Å². The van der Waals surface area contributed by atoms with Crippen LogP contribution in [0.15, 0.2) is 30.3 Å². The van der Waals surface area contributed by atoms with Gasteiger partial charge in [0.2, 0.25) is 0 Å². The average molecular weight is 220 g/mol. The first-order valence-corrected chi connectivity index (χ1v) is 5.15. The molecule has 86 valence electrons. The highest BCUT2D eigenvalue weighted by Gasteiger charge is 1.96. The smallest absolute Gasteiger partial charge is 0.309 e. The molecule has 3 N–H and O–H groups in total. The van der Waals surface area contributed by atoms with Gasteiger partial charge < -0.3 is 10.2 Å². The zero-order valence-electron chi connectivity index (χ0n) is 9.27. The van der Waals surface area contributed by atoms with Crippen LogP contribution >= 0.6 is 0 Å². The Morgan fingerprint density at radius 3 is 3.06 bits per heavy atom. The van der Waals surface area contributed by atoms with Crippen molar-refractivity contribution in [1.29, 1.82) is 0 Å². The standard InChI is InChI=1S/C12H16N2O2/c1-2-16-12(15)8-4-6-10-5-3-7-11(9-10)14-13/h3-7,9,14H,2,8,13H2,1H3. The summed E-state index contributed by atoms with van der Waals surface area (Å²) in [6.07, 6.45) is 3.92. The van der Waals surface area contributed by atoms with Gasteiger partial charge in [-0.1, -0.05) is 24.3 Å². The number of hydrogen-bond acceptors (Lipinski definition) is 4. The number of anilines is 1. The van der Waals surface area contributed by atoms with Gasteiger partial charge in [-0.2, -0.15) is 0 Å². The fourth-order valence-corrected chi connectivity index (χ4v) is 1.24. The van der Waals surface area contributed by atoms with Gasteiger partial charge in [0, 0.05) is 5.69 Å². The number of hydrogen-bond donors (Lipinski definition) is 2. The molecular formula is C12H16N2O2. The molecule has 0 bridgehead atoms. The number of benzene rings is 1. The van der Waals surface area contributed by atoms with E-state index in [1.54, 1.807) is 13.0 Å². The summed E-state index contributed by atoms with van der Waals surface area (Å²) in [5.41, 5.74) is 4.38. The van der Waals surface area contributed by atoms with Crippen molar-refractivity contribution in [2.75, 3.05) is 12.0 Å². The second kappa shape index (κ2) is 6.63. The summed E-state index contributed by atoms with van der Waals surface area (Å²) < 4.78 is 4.80. The number of carbonyl (C=O) groups excluding carboxylic acids is 1. The zero-order valence-corrected chi connectivity index (χ0v) is 9.27. The predicted octanol–water partition coefficient (Wildman–Crippen LogP) is 1.94. The Morgan fingerprint density at radius 1 is 1.56 bits per heavy atom. The Kier molecular flexibility index (Phi) is 5.08. The van der Waals surface area contributed by atoms with E-state index in [-0.39, 0.29) is 12.4 Å². The third-order valence-corrected chi connectivity index (χ3v) is 1.95. The lowest BCUT2D eigenvalue weighted by molar-refractivity contribution is -0.142. The van der Waals surface area contributed by atoms with Crippen LogP contribution in [0.4, 0.5) is 5.69 Å². The average Bonchev–Trinajstić information content (AvgIpc) is 2.30. The molecule has 0 aliphatic carbocycles. The first kappa shape index (κ1) is 12.3. The largest absolute Gasteiger partial charge is 0.466 e. The van der Waals surface area contributed by atoms with Gasteiger partial charge in [0.1, 0.15) is 0 Å². The minimum Gasteiger partial charge on any atom is -0.466 e. The van der Waals surface area contributed by atoms with Crippen molar-refractivity contribution < 1.29 is 9.53 Å². The Labute approximate surface area is 95.1 Å². The minimum atomic E-state index is -0.216. The third kappa shape index (κ3) is 4.14. The number of hydrazine groups is 1. The highest BCUT2D eigenvalue weighted by molar-refractivity contribution is 5.72. The van der Waals surface area contributed by atoms with Crippen LogP contribution in [0.5, 0.6) is 0 Å². The number of carbonyl (C=O) groups is 1. The highest BCUT2D eigenvalue weighted by atomic mass is 16.5. The maximum Gasteiger partial charge on any atom is 0.309 e. The van der Waals surface area contributed by atoms with E-state index >= 15 is 0 Å². The summed E-state index contributed by atoms with van der Waals surface area (Å²) in [6, 6.07) is 7.58. The number of ether oxygens (including phenoxy) is 1. The van der Waals surface area contributed by atoms with Gasteiger partial charge in [-0.05, 0) is 24.6 Å². The van der Waals surface area contributed by atoms with E-state index in [1.165, 1.54) is 0 Å². The first-order chi connectivity index (χ1) is 7.76. The Bertz CT molecular complexity index is 375. The summed E-state index contributed by atoms with van der Waals surface area (Å²) in [7, 11) is 0. The maximum atomic E-state index is 11.1. The van der Waals surface area contributed by atoms with E-state index < -0.39 is 0 Å². The molecule has 1 aromatic carbocycles. The topological polar surface area (TPSA) is 64.3 Å². The maximum absolute atomic E-state index is 11.1. The molecule has 0 fully saturated rings. The van der Waals surface area contributed by atoms with Crippen LogP contribution in [0.1, 0.15) is 18.9 Å². The van der Waals surface area contributed by atoms with Crippen LogP contribution in [0.25, 0.3) is 6.08 Å². The molecule has 0 saturated carbocycles. The van der Waals surface area contributed by atoms with E-state index in [1.807, 2.05) is 30.3 Å². The summed E-state index contributed by atoms with van der Waals surface area (Å²) in [4.78, 5) is 11.1. The number of nitrogen functional groups attached to an aromatic ring is 1. The molecule has 0 radical (unpaired) electrons. The van der Waals surface area contributed by atoms with Crippen molar-refractivity contribution in [3.05, 3.63) is 35.9 Å². The van der Waals surface area contributed by atoms with E-state index in [0.29, 0.717) is 6.61 Å². The van der Waals surface area contributed by atoms with Crippen LogP contribution < -0.4 is 11.3 Å². The Hall–Kier alpha value is -1.81. The van der Waals surface area contributed by atoms with Crippen molar-refractivity contribution in [3.63, 3.8) is 0 Å². The lowest BCUT2D eigenvalue weighted by Gasteiger charge is -2.00. The monoisotopic (exact) mass is 220 g/mol. The summed E-state index contributed by atoms with van der Waals surface area (Å²) in [5.74, 6) is 5.07. The highest BCUT2D eigenvalue weighted by Crippen LogP contribution is 2.10. The van der Waals surface area contributed by atoms with Gasteiger partial charge in [0.05, 0.1) is 13.0 Å². The molecule has 0 amide bonds. The van der Waals surface area contributed by atoms with Gasteiger partial charge in [0.15, 0.2) is 0 Å². The summed E-state index contributed by atoms with van der Waals surface area (Å²) in [5, 5.41) is 0. The van der Waals surface area contributed by atoms with Gasteiger partial charge in [-0.3, -0.25) is 10.6 Å². The van der Waals surface area contributed by atoms with E-state index in [0.717, 1.165) is 11.3 Å². The van der Waals surface area contributed by atoms with Crippen molar-refractivity contribution in [2.24, 2.45) is 5.84 Å². The molecule has 4 nitrogen and oxygen atoms in total. The molecule has 0 atom stereocenters. The molecule has 0 unspecified atom stereocenters. The zero-order chi connectivity index (χ0) is 11.8. The number of nitrogens with two attached hydrogens (primary N) is 1. The molecule has 0 spiro atoms. The van der Waals surface area contributed by atoms with Crippen LogP contribution in [0.3, 0.4) is 0 Å². The SMILES string of the molecule is CCOC(=O)CC=Cc1cccc(NN)c1. The second-order valence-corrected chi connectivity index (χ2v) is 3.18. The molecule has 1 aromatic rings. The Morgan fingerprint density at radius 2 is 2.38 bits per heavy atom. The van der Waals surface area contributed by atoms with E-state index in [2.05, 4.69) is 5.43 Å². The van der Waals surface area contributed by atoms with Crippen LogP contribution in [-0.4, -0.2) is 12.6 Å². The fraction of sp³-hybridized carbons (Fsp3) is 0.250. The van der Waals surface area contributed by atoms with Gasteiger partial charge in [-0.15, -0.1) is 0 Å². The molecule has 0 heterocycles. The van der Waals surface area contributed by atoms with Crippen molar-refractivity contribution in [3.8, 4) is 0 Å². The summed E-state index contributed by atoms with van der Waals surface area (Å²) >= 11 is 0. The lowest BCUT2D eigenvalue weighted by Crippen LogP contribution is -2.06. The molecule has 0 aliphatic heterocycles. The fourth-order valence-electron chi connectivity index (χ4n) is 1.24. The Balaban J connectivity index is 2.52. The van der Waals surface area contributed by atoms with Crippen LogP contribution in [0.2, 0.25) is 0 Å². The van der Waals surface area contributed by atoms with E-state index in [4.69, 9.17) is 10.6 Å². The lowest BCUT2D eigenvalue weighted by atomic mass is 10.2. The van der Waals surface area contributed by atoms with Crippen molar-refractivity contribution >= 4 is 17.7 Å².